The first kappa shape index (κ1) is 25.0. The van der Waals surface area contributed by atoms with E-state index in [0.717, 1.165) is 18.2 Å². The maximum Gasteiger partial charge on any atom is 0.220 e. The molecule has 2 fully saturated rings. The molecule has 3 heterocycles. The summed E-state index contributed by atoms with van der Waals surface area (Å²) in [7, 11) is -3.42. The van der Waals surface area contributed by atoms with Gasteiger partial charge in [0, 0.05) is 45.0 Å². The summed E-state index contributed by atoms with van der Waals surface area (Å²) in [4.78, 5) is 6.87. The predicted molar refractivity (Wildman–Crippen MR) is 132 cm³/mol. The van der Waals surface area contributed by atoms with E-state index < -0.39 is 10.0 Å². The van der Waals surface area contributed by atoms with Gasteiger partial charge in [0.15, 0.2) is 5.96 Å². The number of piperazine rings is 1. The highest BCUT2D eigenvalue weighted by atomic mass is 127. The largest absolute Gasteiger partial charge is 0.364 e. The molecule has 0 aromatic carbocycles. The number of nitrogens with one attached hydrogen (secondary N) is 1. The van der Waals surface area contributed by atoms with Crippen molar-refractivity contribution < 1.29 is 12.9 Å². The molecule has 1 aliphatic heterocycles. The second-order valence-corrected chi connectivity index (χ2v) is 10.00. The molecule has 32 heavy (non-hydrogen) atoms. The van der Waals surface area contributed by atoms with Crippen molar-refractivity contribution in [3.63, 3.8) is 0 Å². The van der Waals surface area contributed by atoms with E-state index in [0.29, 0.717) is 44.5 Å². The van der Waals surface area contributed by atoms with Gasteiger partial charge in [-0.3, -0.25) is 4.68 Å². The lowest BCUT2D eigenvalue weighted by atomic mass is 10.3. The molecule has 1 saturated carbocycles. The molecule has 2 aromatic heterocycles. The standard InChI is InChI=1S/C20H31N7O3S.HI/c1-2-21-20(22-15-17-7-9-27(23-17)19-5-3-4-6-19)25-10-12-26(13-11-25)31(28,29)16-18-8-14-30-24-18;/h7-9,14,19H,2-6,10-13,15-16H2,1H3,(H,21,22);1H. The molecule has 1 aliphatic carbocycles. The van der Waals surface area contributed by atoms with Gasteiger partial charge in [0.2, 0.25) is 10.0 Å². The summed E-state index contributed by atoms with van der Waals surface area (Å²) in [5, 5.41) is 11.8. The fourth-order valence-corrected chi connectivity index (χ4v) is 5.61. The summed E-state index contributed by atoms with van der Waals surface area (Å²) in [5.41, 5.74) is 1.38. The van der Waals surface area contributed by atoms with Crippen LogP contribution >= 0.6 is 24.0 Å². The van der Waals surface area contributed by atoms with Crippen molar-refractivity contribution in [3.8, 4) is 0 Å². The Balaban J connectivity index is 0.00000289. The van der Waals surface area contributed by atoms with Crippen LogP contribution in [0.1, 0.15) is 50.0 Å². The highest BCUT2D eigenvalue weighted by molar-refractivity contribution is 14.0. The summed E-state index contributed by atoms with van der Waals surface area (Å²) in [6.07, 6.45) is 8.42. The van der Waals surface area contributed by atoms with Crippen molar-refractivity contribution in [2.75, 3.05) is 32.7 Å². The van der Waals surface area contributed by atoms with Gasteiger partial charge in [-0.05, 0) is 25.8 Å². The highest BCUT2D eigenvalue weighted by Gasteiger charge is 2.29. The molecule has 0 unspecified atom stereocenters. The van der Waals surface area contributed by atoms with Gasteiger partial charge in [0.1, 0.15) is 12.0 Å². The molecule has 12 heteroatoms. The number of rotatable bonds is 7. The van der Waals surface area contributed by atoms with Crippen molar-refractivity contribution in [3.05, 3.63) is 36.0 Å². The van der Waals surface area contributed by atoms with Gasteiger partial charge in [-0.15, -0.1) is 24.0 Å². The van der Waals surface area contributed by atoms with Crippen molar-refractivity contribution in [2.45, 2.75) is 50.9 Å². The van der Waals surface area contributed by atoms with E-state index in [9.17, 15) is 8.42 Å². The van der Waals surface area contributed by atoms with E-state index >= 15 is 0 Å². The molecule has 2 aromatic rings. The Morgan fingerprint density at radius 3 is 2.59 bits per heavy atom. The first-order chi connectivity index (χ1) is 15.0. The maximum absolute atomic E-state index is 12.6. The van der Waals surface area contributed by atoms with E-state index in [1.54, 1.807) is 6.07 Å². The van der Waals surface area contributed by atoms with Gasteiger partial charge in [-0.25, -0.2) is 13.4 Å². The second-order valence-electron chi connectivity index (χ2n) is 8.03. The van der Waals surface area contributed by atoms with E-state index in [-0.39, 0.29) is 29.7 Å². The smallest absolute Gasteiger partial charge is 0.220 e. The molecule has 0 radical (unpaired) electrons. The lowest BCUT2D eigenvalue weighted by Gasteiger charge is -2.35. The Morgan fingerprint density at radius 1 is 1.19 bits per heavy atom. The number of guanidine groups is 1. The molecule has 0 atom stereocenters. The zero-order valence-corrected chi connectivity index (χ0v) is 21.5. The monoisotopic (exact) mass is 577 g/mol. The van der Waals surface area contributed by atoms with Crippen LogP contribution in [-0.4, -0.2) is 71.2 Å². The summed E-state index contributed by atoms with van der Waals surface area (Å²) >= 11 is 0. The van der Waals surface area contributed by atoms with Gasteiger partial charge < -0.3 is 14.7 Å². The molecule has 0 spiro atoms. The predicted octanol–water partition coefficient (Wildman–Crippen LogP) is 2.22. The van der Waals surface area contributed by atoms with E-state index in [1.165, 1.54) is 36.3 Å². The number of halogens is 1. The number of sulfonamides is 1. The van der Waals surface area contributed by atoms with Crippen molar-refractivity contribution in [2.24, 2.45) is 4.99 Å². The quantitative estimate of drug-likeness (QED) is 0.306. The fraction of sp³-hybridized carbons (Fsp3) is 0.650. The SMILES string of the molecule is CCNC(=NCc1ccn(C2CCCC2)n1)N1CCN(S(=O)(=O)Cc2ccon2)CC1.I. The van der Waals surface area contributed by atoms with Crippen LogP contribution in [-0.2, 0) is 22.3 Å². The third-order valence-electron chi connectivity index (χ3n) is 5.84. The Morgan fingerprint density at radius 2 is 1.94 bits per heavy atom. The first-order valence-corrected chi connectivity index (χ1v) is 12.6. The molecule has 2 aliphatic rings. The van der Waals surface area contributed by atoms with Gasteiger partial charge in [-0.1, -0.05) is 18.0 Å². The van der Waals surface area contributed by atoms with Gasteiger partial charge in [0.05, 0.1) is 24.0 Å². The first-order valence-electron chi connectivity index (χ1n) is 11.0. The van der Waals surface area contributed by atoms with Crippen LogP contribution in [0.5, 0.6) is 0 Å². The molecule has 0 amide bonds. The molecule has 10 nitrogen and oxygen atoms in total. The minimum atomic E-state index is -3.42. The van der Waals surface area contributed by atoms with Crippen molar-refractivity contribution in [1.29, 1.82) is 0 Å². The molecular formula is C20H32IN7O3S. The van der Waals surface area contributed by atoms with Crippen LogP contribution in [0, 0.1) is 0 Å². The van der Waals surface area contributed by atoms with Crippen LogP contribution in [0.15, 0.2) is 34.1 Å². The Bertz CT molecular complexity index is 963. The zero-order chi connectivity index (χ0) is 21.7. The fourth-order valence-electron chi connectivity index (χ4n) is 4.18. The highest BCUT2D eigenvalue weighted by Crippen LogP contribution is 2.28. The second kappa shape index (κ2) is 11.5. The number of aliphatic imine (C=N–C) groups is 1. The summed E-state index contributed by atoms with van der Waals surface area (Å²) < 4.78 is 33.6. The number of hydrogen-bond acceptors (Lipinski definition) is 6. The summed E-state index contributed by atoms with van der Waals surface area (Å²) in [5.74, 6) is 0.660. The Labute approximate surface area is 206 Å². The van der Waals surface area contributed by atoms with Crippen molar-refractivity contribution in [1.82, 2.24) is 29.5 Å². The van der Waals surface area contributed by atoms with E-state index in [2.05, 4.69) is 26.3 Å². The minimum Gasteiger partial charge on any atom is -0.364 e. The number of aromatic nitrogens is 3. The van der Waals surface area contributed by atoms with E-state index in [4.69, 9.17) is 14.6 Å². The average molecular weight is 577 g/mol. The normalized spacial score (nSPS) is 18.7. The van der Waals surface area contributed by atoms with Crippen LogP contribution in [0.2, 0.25) is 0 Å². The molecule has 178 valence electrons. The minimum absolute atomic E-state index is 0. The number of nitrogens with zero attached hydrogens (tertiary/aromatic N) is 6. The lowest BCUT2D eigenvalue weighted by Crippen LogP contribution is -2.53. The summed E-state index contributed by atoms with van der Waals surface area (Å²) in [6, 6.07) is 4.15. The van der Waals surface area contributed by atoms with Gasteiger partial charge in [0.25, 0.3) is 0 Å². The molecular weight excluding hydrogens is 545 g/mol. The van der Waals surface area contributed by atoms with Crippen LogP contribution < -0.4 is 5.32 Å². The average Bonchev–Trinajstić information content (AvgIpc) is 3.53. The van der Waals surface area contributed by atoms with Crippen LogP contribution in [0.25, 0.3) is 0 Å². The van der Waals surface area contributed by atoms with Crippen LogP contribution in [0.3, 0.4) is 0 Å². The third kappa shape index (κ3) is 6.22. The maximum atomic E-state index is 12.6. The van der Waals surface area contributed by atoms with Gasteiger partial charge in [-0.2, -0.15) is 9.40 Å². The zero-order valence-electron chi connectivity index (χ0n) is 18.4. The number of hydrogen-bond donors (Lipinski definition) is 1. The van der Waals surface area contributed by atoms with Crippen molar-refractivity contribution >= 4 is 40.0 Å². The Kier molecular flexibility index (Phi) is 8.94. The lowest BCUT2D eigenvalue weighted by molar-refractivity contribution is 0.259. The topological polar surface area (TPSA) is 109 Å². The van der Waals surface area contributed by atoms with E-state index in [1.807, 2.05) is 13.0 Å². The van der Waals surface area contributed by atoms with Gasteiger partial charge >= 0.3 is 0 Å². The molecule has 1 N–H and O–H groups in total. The third-order valence-corrected chi connectivity index (χ3v) is 7.65. The summed E-state index contributed by atoms with van der Waals surface area (Å²) in [6.45, 7) is 5.29. The van der Waals surface area contributed by atoms with Crippen LogP contribution in [0.4, 0.5) is 0 Å². The molecule has 1 saturated heterocycles. The Hall–Kier alpha value is -1.67. The molecule has 4 rings (SSSR count). The molecule has 0 bridgehead atoms.